The van der Waals surface area contributed by atoms with Gasteiger partial charge in [0, 0.05) is 35.4 Å². The van der Waals surface area contributed by atoms with Crippen molar-refractivity contribution in [2.75, 3.05) is 13.7 Å². The number of ether oxygens (including phenoxy) is 2. The number of methoxy groups -OCH3 is 1. The minimum Gasteiger partial charge on any atom is -0.497 e. The summed E-state index contributed by atoms with van der Waals surface area (Å²) >= 11 is 0. The molecule has 0 radical (unpaired) electrons. The number of rotatable bonds is 14. The maximum Gasteiger partial charge on any atom is 0.264 e. The monoisotopic (exact) mass is 765 g/mol. The maximum absolute atomic E-state index is 14.4. The molecule has 14 heteroatoms. The van der Waals surface area contributed by atoms with Gasteiger partial charge in [0.05, 0.1) is 29.8 Å². The largest absolute Gasteiger partial charge is 0.497 e. The van der Waals surface area contributed by atoms with E-state index in [9.17, 15) is 27.6 Å². The number of amides is 4. The Labute approximate surface area is 319 Å². The molecule has 4 amide bonds. The second kappa shape index (κ2) is 15.8. The molecule has 2 heterocycles. The van der Waals surface area contributed by atoms with E-state index in [1.54, 1.807) is 45.2 Å². The molecule has 2 fully saturated rings. The van der Waals surface area contributed by atoms with Crippen molar-refractivity contribution in [3.05, 3.63) is 110 Å². The number of hydrogen-bond donors (Lipinski definition) is 3. The fraction of sp³-hybridized carbons (Fsp3) is 0.293. The van der Waals surface area contributed by atoms with E-state index in [1.165, 1.54) is 35.2 Å². The third-order valence-corrected chi connectivity index (χ3v) is 11.3. The summed E-state index contributed by atoms with van der Waals surface area (Å²) in [6, 6.07) is 21.9. The Kier molecular flexibility index (Phi) is 11.1. The first kappa shape index (κ1) is 38.7. The molecule has 1 saturated carbocycles. The van der Waals surface area contributed by atoms with Gasteiger partial charge < -0.3 is 25.0 Å². The maximum atomic E-state index is 14.4. The SMILES string of the molecule is C=CC(=O)N[C@H](C(=O)N1C[C@H](Oc2cc(-c3ccccc3)nc3cc(OC)ccc23)C[C@H]1C(=O)N[C@]1(C(=O)NS(=O)(=O)c2ccccc2)C[C@H]1C=C)C(C)C. The van der Waals surface area contributed by atoms with Crippen molar-refractivity contribution in [1.29, 1.82) is 0 Å². The van der Waals surface area contributed by atoms with Crippen molar-refractivity contribution in [3.8, 4) is 22.8 Å². The summed E-state index contributed by atoms with van der Waals surface area (Å²) in [4.78, 5) is 60.8. The summed E-state index contributed by atoms with van der Waals surface area (Å²) in [6.07, 6.45) is 1.92. The van der Waals surface area contributed by atoms with Crippen LogP contribution in [0.4, 0.5) is 0 Å². The van der Waals surface area contributed by atoms with Crippen molar-refractivity contribution in [1.82, 2.24) is 25.2 Å². The topological polar surface area (TPSA) is 173 Å². The predicted octanol–water partition coefficient (Wildman–Crippen LogP) is 4.15. The zero-order valence-corrected chi connectivity index (χ0v) is 31.5. The Hall–Kier alpha value is -6.02. The number of nitrogens with zero attached hydrogens (tertiary/aromatic N) is 2. The van der Waals surface area contributed by atoms with Gasteiger partial charge in [-0.3, -0.25) is 19.2 Å². The van der Waals surface area contributed by atoms with Gasteiger partial charge in [0.1, 0.15) is 35.2 Å². The van der Waals surface area contributed by atoms with E-state index in [4.69, 9.17) is 14.5 Å². The molecular formula is C41H43N5O8S. The van der Waals surface area contributed by atoms with Crippen molar-refractivity contribution in [2.24, 2.45) is 11.8 Å². The number of fused-ring (bicyclic) bond motifs is 1. The minimum atomic E-state index is -4.27. The van der Waals surface area contributed by atoms with Gasteiger partial charge in [-0.25, -0.2) is 18.1 Å². The number of pyridine rings is 1. The molecule has 6 rings (SSSR count). The molecule has 0 spiro atoms. The fourth-order valence-corrected chi connectivity index (χ4v) is 7.88. The Morgan fingerprint density at radius 2 is 1.67 bits per heavy atom. The number of benzene rings is 3. The first-order chi connectivity index (χ1) is 26.3. The van der Waals surface area contributed by atoms with Gasteiger partial charge in [-0.05, 0) is 42.7 Å². The van der Waals surface area contributed by atoms with Crippen LogP contribution in [0, 0.1) is 11.8 Å². The summed E-state index contributed by atoms with van der Waals surface area (Å²) in [5.41, 5.74) is 0.444. The average Bonchev–Trinajstić information content (AvgIpc) is 3.75. The van der Waals surface area contributed by atoms with Gasteiger partial charge >= 0.3 is 0 Å². The van der Waals surface area contributed by atoms with Crippen LogP contribution in [0.3, 0.4) is 0 Å². The van der Waals surface area contributed by atoms with E-state index in [1.807, 2.05) is 36.4 Å². The first-order valence-corrected chi connectivity index (χ1v) is 19.3. The van der Waals surface area contributed by atoms with Crippen LogP contribution in [0.1, 0.15) is 26.7 Å². The lowest BCUT2D eigenvalue weighted by Crippen LogP contribution is -2.58. The Morgan fingerprint density at radius 3 is 2.29 bits per heavy atom. The highest BCUT2D eigenvalue weighted by Gasteiger charge is 2.61. The molecule has 0 unspecified atom stereocenters. The van der Waals surface area contributed by atoms with Gasteiger partial charge in [0.2, 0.25) is 17.7 Å². The van der Waals surface area contributed by atoms with Crippen LogP contribution in [0.15, 0.2) is 115 Å². The summed E-state index contributed by atoms with van der Waals surface area (Å²) < 4.78 is 40.4. The number of carbonyl (C=O) groups is 4. The number of hydrogen-bond acceptors (Lipinski definition) is 9. The lowest BCUT2D eigenvalue weighted by atomic mass is 10.0. The molecule has 5 atom stereocenters. The molecule has 1 aliphatic heterocycles. The van der Waals surface area contributed by atoms with Crippen molar-refractivity contribution >= 4 is 44.6 Å². The van der Waals surface area contributed by atoms with Crippen LogP contribution in [0.25, 0.3) is 22.2 Å². The van der Waals surface area contributed by atoms with E-state index >= 15 is 0 Å². The summed E-state index contributed by atoms with van der Waals surface area (Å²) in [5, 5.41) is 6.13. The highest BCUT2D eigenvalue weighted by atomic mass is 32.2. The first-order valence-electron chi connectivity index (χ1n) is 17.8. The summed E-state index contributed by atoms with van der Waals surface area (Å²) in [5.74, 6) is -2.61. The molecule has 1 aliphatic carbocycles. The van der Waals surface area contributed by atoms with Crippen LogP contribution in [-0.4, -0.2) is 79.3 Å². The fourth-order valence-electron chi connectivity index (χ4n) is 6.83. The normalized spacial score (nSPS) is 20.9. The molecule has 3 N–H and O–H groups in total. The molecule has 1 saturated heterocycles. The molecule has 13 nitrogen and oxygen atoms in total. The molecule has 286 valence electrons. The molecule has 3 aromatic carbocycles. The number of carbonyl (C=O) groups excluding carboxylic acids is 4. The minimum absolute atomic E-state index is 0.0111. The van der Waals surface area contributed by atoms with Crippen molar-refractivity contribution < 1.29 is 37.1 Å². The quantitative estimate of drug-likeness (QED) is 0.126. The second-order valence-electron chi connectivity index (χ2n) is 13.9. The number of likely N-dealkylation sites (tertiary alicyclic amines) is 1. The lowest BCUT2D eigenvalue weighted by Gasteiger charge is -2.31. The Morgan fingerprint density at radius 1 is 0.982 bits per heavy atom. The smallest absolute Gasteiger partial charge is 0.264 e. The third kappa shape index (κ3) is 8.09. The highest BCUT2D eigenvalue weighted by molar-refractivity contribution is 7.90. The van der Waals surface area contributed by atoms with Crippen LogP contribution in [-0.2, 0) is 29.2 Å². The molecular weight excluding hydrogens is 723 g/mol. The molecule has 55 heavy (non-hydrogen) atoms. The van der Waals surface area contributed by atoms with Gasteiger partial charge in [-0.2, -0.15) is 0 Å². The number of aromatic nitrogens is 1. The van der Waals surface area contributed by atoms with Crippen LogP contribution < -0.4 is 24.8 Å². The summed E-state index contributed by atoms with van der Waals surface area (Å²) in [6.45, 7) is 10.8. The van der Waals surface area contributed by atoms with Crippen LogP contribution >= 0.6 is 0 Å². The zero-order valence-electron chi connectivity index (χ0n) is 30.7. The van der Waals surface area contributed by atoms with E-state index in [-0.39, 0.29) is 30.2 Å². The second-order valence-corrected chi connectivity index (χ2v) is 15.6. The standard InChI is InChI=1S/C41H43N5O8S/c1-6-27-23-41(27,40(50)45-55(51,52)30-16-12-9-13-17-30)44-38(48)34-21-29(24-46(34)39(49)37(25(3)4)43-36(47)7-2)54-35-22-32(26-14-10-8-11-15-26)42-33-20-28(53-5)18-19-31(33)35/h6-20,22,25,27,29,34,37H,1-2,21,23-24H2,3-5H3,(H,43,47)(H,44,48)(H,45,50)/t27-,29-,34+,37+,41-/m1/s1. The molecule has 0 bridgehead atoms. The van der Waals surface area contributed by atoms with Crippen molar-refractivity contribution in [3.63, 3.8) is 0 Å². The Balaban J connectivity index is 1.33. The van der Waals surface area contributed by atoms with Crippen LogP contribution in [0.5, 0.6) is 11.5 Å². The lowest BCUT2D eigenvalue weighted by molar-refractivity contribution is -0.142. The van der Waals surface area contributed by atoms with E-state index in [2.05, 4.69) is 28.5 Å². The number of nitrogens with one attached hydrogen (secondary N) is 3. The van der Waals surface area contributed by atoms with E-state index in [0.717, 1.165) is 11.6 Å². The van der Waals surface area contributed by atoms with Crippen LogP contribution in [0.2, 0.25) is 0 Å². The Bertz CT molecular complexity index is 2250. The highest BCUT2D eigenvalue weighted by Crippen LogP contribution is 2.45. The zero-order chi connectivity index (χ0) is 39.5. The molecule has 4 aromatic rings. The van der Waals surface area contributed by atoms with Gasteiger partial charge in [0.25, 0.3) is 15.9 Å². The van der Waals surface area contributed by atoms with Gasteiger partial charge in [-0.15, -0.1) is 6.58 Å². The summed E-state index contributed by atoms with van der Waals surface area (Å²) in [7, 11) is -2.71. The van der Waals surface area contributed by atoms with E-state index < -0.39 is 63.3 Å². The third-order valence-electron chi connectivity index (χ3n) is 9.94. The molecule has 2 aliphatic rings. The predicted molar refractivity (Wildman–Crippen MR) is 206 cm³/mol. The van der Waals surface area contributed by atoms with Crippen molar-refractivity contribution in [2.45, 2.75) is 55.3 Å². The molecule has 1 aromatic heterocycles. The van der Waals surface area contributed by atoms with Gasteiger partial charge in [-0.1, -0.05) is 75.0 Å². The van der Waals surface area contributed by atoms with E-state index in [0.29, 0.717) is 28.1 Å². The number of sulfonamides is 1. The average molecular weight is 766 g/mol. The van der Waals surface area contributed by atoms with Gasteiger partial charge in [0.15, 0.2) is 0 Å².